The first-order valence-corrected chi connectivity index (χ1v) is 5.67. The van der Waals surface area contributed by atoms with Crippen LogP contribution in [0, 0.1) is 0 Å². The lowest BCUT2D eigenvalue weighted by molar-refractivity contribution is 0.119. The number of ether oxygens (including phenoxy) is 1. The monoisotopic (exact) mass is 215 g/mol. The van der Waals surface area contributed by atoms with E-state index in [9.17, 15) is 0 Å². The summed E-state index contributed by atoms with van der Waals surface area (Å²) in [6.07, 6.45) is 5.39. The smallest absolute Gasteiger partial charge is 0.197 e. The largest absolute Gasteiger partial charge is 0.376 e. The zero-order chi connectivity index (χ0) is 10.2. The third kappa shape index (κ3) is 4.04. The van der Waals surface area contributed by atoms with Gasteiger partial charge in [-0.05, 0) is 6.42 Å². The highest BCUT2D eigenvalue weighted by molar-refractivity contribution is 7.15. The van der Waals surface area contributed by atoms with Gasteiger partial charge in [-0.1, -0.05) is 31.1 Å². The Morgan fingerprint density at radius 3 is 3.07 bits per heavy atom. The molecule has 0 radical (unpaired) electrons. The summed E-state index contributed by atoms with van der Waals surface area (Å²) >= 11 is 1.52. The summed E-state index contributed by atoms with van der Waals surface area (Å²) in [6.45, 7) is 3.66. The molecule has 4 nitrogen and oxygen atoms in total. The third-order valence-corrected chi connectivity index (χ3v) is 2.72. The molecular weight excluding hydrogens is 198 g/mol. The number of thiazole rings is 1. The Bertz CT molecular complexity index is 252. The molecule has 1 heterocycles. The minimum absolute atomic E-state index is 0.642. The number of nitrogen functional groups attached to an aromatic ring is 1. The lowest BCUT2D eigenvalue weighted by Crippen LogP contribution is -2.05. The Balaban J connectivity index is 2.12. The van der Waals surface area contributed by atoms with Gasteiger partial charge in [-0.15, -0.1) is 0 Å². The van der Waals surface area contributed by atoms with Crippen LogP contribution < -0.4 is 11.3 Å². The zero-order valence-corrected chi connectivity index (χ0v) is 9.27. The average Bonchev–Trinajstić information content (AvgIpc) is 2.65. The van der Waals surface area contributed by atoms with Gasteiger partial charge in [0.1, 0.15) is 0 Å². The first-order valence-electron chi connectivity index (χ1n) is 4.86. The van der Waals surface area contributed by atoms with Gasteiger partial charge in [0.25, 0.3) is 0 Å². The summed E-state index contributed by atoms with van der Waals surface area (Å²) in [6, 6.07) is 0. The van der Waals surface area contributed by atoms with Crippen molar-refractivity contribution in [3.05, 3.63) is 11.1 Å². The van der Waals surface area contributed by atoms with Crippen LogP contribution in [0.25, 0.3) is 0 Å². The number of nitrogens with one attached hydrogen (secondary N) is 1. The van der Waals surface area contributed by atoms with Crippen molar-refractivity contribution in [2.75, 3.05) is 12.0 Å². The van der Waals surface area contributed by atoms with Crippen molar-refractivity contribution in [2.24, 2.45) is 5.84 Å². The van der Waals surface area contributed by atoms with Gasteiger partial charge in [0, 0.05) is 12.8 Å². The fourth-order valence-corrected chi connectivity index (χ4v) is 1.73. The van der Waals surface area contributed by atoms with E-state index in [-0.39, 0.29) is 0 Å². The maximum Gasteiger partial charge on any atom is 0.197 e. The molecule has 0 saturated heterocycles. The Labute approximate surface area is 88.5 Å². The Morgan fingerprint density at radius 1 is 1.57 bits per heavy atom. The molecule has 0 saturated carbocycles. The summed E-state index contributed by atoms with van der Waals surface area (Å²) < 4.78 is 5.48. The third-order valence-electron chi connectivity index (χ3n) is 1.81. The topological polar surface area (TPSA) is 60.2 Å². The highest BCUT2D eigenvalue weighted by atomic mass is 32.1. The number of aromatic nitrogens is 1. The molecule has 0 fully saturated rings. The number of hydrogen-bond acceptors (Lipinski definition) is 5. The van der Waals surface area contributed by atoms with Crippen LogP contribution in [0.5, 0.6) is 0 Å². The maximum atomic E-state index is 5.48. The lowest BCUT2D eigenvalue weighted by Gasteiger charge is -2.00. The van der Waals surface area contributed by atoms with Crippen LogP contribution >= 0.6 is 11.3 Å². The molecule has 0 aliphatic heterocycles. The van der Waals surface area contributed by atoms with Crippen molar-refractivity contribution >= 4 is 16.5 Å². The van der Waals surface area contributed by atoms with Gasteiger partial charge in [-0.2, -0.15) is 0 Å². The van der Waals surface area contributed by atoms with Crippen LogP contribution in [0.15, 0.2) is 6.20 Å². The van der Waals surface area contributed by atoms with Crippen LogP contribution in [0.4, 0.5) is 5.13 Å². The maximum absolute atomic E-state index is 5.48. The first kappa shape index (κ1) is 11.4. The van der Waals surface area contributed by atoms with Crippen molar-refractivity contribution in [3.8, 4) is 0 Å². The van der Waals surface area contributed by atoms with Crippen LogP contribution in [-0.2, 0) is 11.3 Å². The van der Waals surface area contributed by atoms with Crippen molar-refractivity contribution in [1.29, 1.82) is 0 Å². The second-order valence-electron chi connectivity index (χ2n) is 3.04. The normalized spacial score (nSPS) is 10.4. The molecule has 0 aliphatic rings. The lowest BCUT2D eigenvalue weighted by atomic mass is 10.3. The predicted octanol–water partition coefficient (Wildman–Crippen LogP) is 2.14. The molecule has 14 heavy (non-hydrogen) atoms. The van der Waals surface area contributed by atoms with E-state index in [1.54, 1.807) is 6.20 Å². The van der Waals surface area contributed by atoms with E-state index in [0.29, 0.717) is 6.61 Å². The molecule has 3 N–H and O–H groups in total. The van der Waals surface area contributed by atoms with Gasteiger partial charge < -0.3 is 4.74 Å². The molecule has 1 aromatic rings. The molecule has 80 valence electrons. The molecule has 0 aliphatic carbocycles. The minimum atomic E-state index is 0.642. The molecule has 1 rings (SSSR count). The Kier molecular flexibility index (Phi) is 5.51. The van der Waals surface area contributed by atoms with Crippen LogP contribution in [0.3, 0.4) is 0 Å². The summed E-state index contributed by atoms with van der Waals surface area (Å²) in [7, 11) is 0. The van der Waals surface area contributed by atoms with E-state index in [2.05, 4.69) is 17.3 Å². The second-order valence-corrected chi connectivity index (χ2v) is 4.15. The van der Waals surface area contributed by atoms with E-state index >= 15 is 0 Å². The van der Waals surface area contributed by atoms with Crippen molar-refractivity contribution in [1.82, 2.24) is 4.98 Å². The summed E-state index contributed by atoms with van der Waals surface area (Å²) in [5, 5.41) is 0.733. The molecule has 0 spiro atoms. The summed E-state index contributed by atoms with van der Waals surface area (Å²) in [5.41, 5.74) is 2.51. The van der Waals surface area contributed by atoms with Crippen LogP contribution in [0.1, 0.15) is 31.1 Å². The van der Waals surface area contributed by atoms with E-state index in [1.165, 1.54) is 24.2 Å². The van der Waals surface area contributed by atoms with Crippen molar-refractivity contribution in [2.45, 2.75) is 32.8 Å². The molecule has 0 unspecified atom stereocenters. The molecule has 0 amide bonds. The SMILES string of the molecule is CCCCCOCc1cnc(NN)s1. The van der Waals surface area contributed by atoms with Gasteiger partial charge in [-0.3, -0.25) is 5.43 Å². The number of hydrogen-bond donors (Lipinski definition) is 2. The number of rotatable bonds is 7. The summed E-state index contributed by atoms with van der Waals surface area (Å²) in [4.78, 5) is 5.16. The van der Waals surface area contributed by atoms with E-state index in [1.807, 2.05) is 0 Å². The van der Waals surface area contributed by atoms with Crippen LogP contribution in [-0.4, -0.2) is 11.6 Å². The fraction of sp³-hybridized carbons (Fsp3) is 0.667. The fourth-order valence-electron chi connectivity index (χ4n) is 1.07. The van der Waals surface area contributed by atoms with Gasteiger partial charge in [-0.25, -0.2) is 10.8 Å². The second kappa shape index (κ2) is 6.75. The average molecular weight is 215 g/mol. The molecular formula is C9H17N3OS. The van der Waals surface area contributed by atoms with E-state index < -0.39 is 0 Å². The highest BCUT2D eigenvalue weighted by Gasteiger charge is 1.99. The quantitative estimate of drug-likeness (QED) is 0.415. The Hall–Kier alpha value is -0.650. The molecule has 1 aromatic heterocycles. The van der Waals surface area contributed by atoms with E-state index in [0.717, 1.165) is 23.0 Å². The molecule has 0 atom stereocenters. The number of nitrogens with zero attached hydrogens (tertiary/aromatic N) is 1. The van der Waals surface area contributed by atoms with Gasteiger partial charge >= 0.3 is 0 Å². The molecule has 5 heteroatoms. The zero-order valence-electron chi connectivity index (χ0n) is 8.45. The van der Waals surface area contributed by atoms with Crippen molar-refractivity contribution in [3.63, 3.8) is 0 Å². The van der Waals surface area contributed by atoms with Gasteiger partial charge in [0.05, 0.1) is 11.5 Å². The molecule has 0 bridgehead atoms. The minimum Gasteiger partial charge on any atom is -0.376 e. The van der Waals surface area contributed by atoms with E-state index in [4.69, 9.17) is 10.6 Å². The molecule has 0 aromatic carbocycles. The number of unbranched alkanes of at least 4 members (excludes halogenated alkanes) is 2. The summed E-state index contributed by atoms with van der Waals surface area (Å²) in [5.74, 6) is 5.21. The first-order chi connectivity index (χ1) is 6.86. The standard InChI is InChI=1S/C9H17N3OS/c1-2-3-4-5-13-7-8-6-11-9(12-10)14-8/h6H,2-5,7,10H2,1H3,(H,11,12). The van der Waals surface area contributed by atoms with Crippen molar-refractivity contribution < 1.29 is 4.74 Å². The Morgan fingerprint density at radius 2 is 2.43 bits per heavy atom. The van der Waals surface area contributed by atoms with Gasteiger partial charge in [0.2, 0.25) is 0 Å². The number of hydrazine groups is 1. The predicted molar refractivity (Wildman–Crippen MR) is 59.1 cm³/mol. The van der Waals surface area contributed by atoms with Crippen LogP contribution in [0.2, 0.25) is 0 Å². The number of anilines is 1. The number of nitrogens with two attached hydrogens (primary N) is 1. The van der Waals surface area contributed by atoms with Gasteiger partial charge in [0.15, 0.2) is 5.13 Å². The highest BCUT2D eigenvalue weighted by Crippen LogP contribution is 2.17.